The Morgan fingerprint density at radius 3 is 2.67 bits per heavy atom. The second-order valence-electron chi connectivity index (χ2n) is 6.89. The number of Topliss-reactive ketones (excluding diaryl/α,β-unsaturated/α-hetero) is 1. The molecule has 0 aromatic rings. The summed E-state index contributed by atoms with van der Waals surface area (Å²) in [7, 11) is 0. The summed E-state index contributed by atoms with van der Waals surface area (Å²) in [5.41, 5.74) is 0.421. The van der Waals surface area contributed by atoms with E-state index < -0.39 is 0 Å². The van der Waals surface area contributed by atoms with E-state index >= 15 is 0 Å². The van der Waals surface area contributed by atoms with Gasteiger partial charge in [-0.3, -0.25) is 9.69 Å². The second kappa shape index (κ2) is 4.61. The molecule has 102 valence electrons. The summed E-state index contributed by atoms with van der Waals surface area (Å²) in [6.45, 7) is 7.31. The van der Waals surface area contributed by atoms with E-state index in [9.17, 15) is 4.79 Å². The molecule has 4 fully saturated rings. The zero-order valence-electron chi connectivity index (χ0n) is 11.7. The Labute approximate surface area is 110 Å². The van der Waals surface area contributed by atoms with E-state index in [4.69, 9.17) is 4.74 Å². The molecule has 2 heterocycles. The van der Waals surface area contributed by atoms with Gasteiger partial charge in [0.05, 0.1) is 12.7 Å². The molecule has 2 saturated heterocycles. The van der Waals surface area contributed by atoms with Crippen molar-refractivity contribution in [1.29, 1.82) is 0 Å². The van der Waals surface area contributed by atoms with Gasteiger partial charge in [0.1, 0.15) is 5.78 Å². The molecule has 0 aromatic carbocycles. The van der Waals surface area contributed by atoms with E-state index in [0.717, 1.165) is 32.5 Å². The van der Waals surface area contributed by atoms with Crippen LogP contribution in [-0.2, 0) is 9.53 Å². The predicted octanol–water partition coefficient (Wildman–Crippen LogP) is 2.25. The molecule has 2 atom stereocenters. The summed E-state index contributed by atoms with van der Waals surface area (Å²) in [6, 6.07) is 0.541. The van der Waals surface area contributed by atoms with E-state index in [1.807, 2.05) is 0 Å². The van der Waals surface area contributed by atoms with Gasteiger partial charge in [0.15, 0.2) is 0 Å². The molecule has 0 spiro atoms. The zero-order valence-corrected chi connectivity index (χ0v) is 11.7. The summed E-state index contributed by atoms with van der Waals surface area (Å²) < 4.78 is 5.82. The van der Waals surface area contributed by atoms with Crippen molar-refractivity contribution in [1.82, 2.24) is 4.90 Å². The third-order valence-corrected chi connectivity index (χ3v) is 4.93. The van der Waals surface area contributed by atoms with Gasteiger partial charge in [0, 0.05) is 36.9 Å². The molecule has 2 aliphatic heterocycles. The molecule has 18 heavy (non-hydrogen) atoms. The number of fused-ring (bicyclic) bond motifs is 3. The van der Waals surface area contributed by atoms with Gasteiger partial charge in [-0.05, 0) is 39.5 Å². The molecular weight excluding hydrogens is 226 g/mol. The molecule has 0 aromatic heterocycles. The largest absolute Gasteiger partial charge is 0.378 e. The van der Waals surface area contributed by atoms with Gasteiger partial charge in [-0.15, -0.1) is 0 Å². The van der Waals surface area contributed by atoms with Crippen LogP contribution in [0.25, 0.3) is 0 Å². The highest BCUT2D eigenvalue weighted by Crippen LogP contribution is 2.48. The molecule has 2 saturated carbocycles. The van der Waals surface area contributed by atoms with Gasteiger partial charge in [-0.25, -0.2) is 0 Å². The molecular formula is C15H25NO2. The first-order chi connectivity index (χ1) is 8.58. The Kier molecular flexibility index (Phi) is 3.23. The molecule has 0 radical (unpaired) electrons. The number of carbonyl (C=O) groups excluding carboxylic acids is 1. The Morgan fingerprint density at radius 1 is 1.39 bits per heavy atom. The number of nitrogens with zero attached hydrogens (tertiary/aromatic N) is 1. The van der Waals surface area contributed by atoms with Gasteiger partial charge in [0.2, 0.25) is 0 Å². The maximum atomic E-state index is 11.7. The second-order valence-corrected chi connectivity index (χ2v) is 6.89. The topological polar surface area (TPSA) is 29.5 Å². The van der Waals surface area contributed by atoms with E-state index in [1.165, 1.54) is 19.3 Å². The Hall–Kier alpha value is -0.410. The van der Waals surface area contributed by atoms with E-state index in [0.29, 0.717) is 29.3 Å². The summed E-state index contributed by atoms with van der Waals surface area (Å²) in [5, 5.41) is 0. The first-order valence-corrected chi connectivity index (χ1v) is 7.46. The number of ketones is 1. The number of carbonyl (C=O) groups is 1. The Bertz CT molecular complexity index is 335. The average Bonchev–Trinajstić information content (AvgIpc) is 3.09. The molecule has 4 rings (SSSR count). The quantitative estimate of drug-likeness (QED) is 0.750. The molecule has 4 aliphatic rings. The summed E-state index contributed by atoms with van der Waals surface area (Å²) in [4.78, 5) is 14.3. The highest BCUT2D eigenvalue weighted by molar-refractivity contribution is 5.83. The monoisotopic (exact) mass is 251 g/mol. The lowest BCUT2D eigenvalue weighted by Crippen LogP contribution is -2.54. The molecule has 2 unspecified atom stereocenters. The van der Waals surface area contributed by atoms with Crippen molar-refractivity contribution in [3.63, 3.8) is 0 Å². The smallest absolute Gasteiger partial charge is 0.138 e. The van der Waals surface area contributed by atoms with Crippen LogP contribution < -0.4 is 0 Å². The molecule has 3 nitrogen and oxygen atoms in total. The fourth-order valence-electron chi connectivity index (χ4n) is 3.49. The molecule has 2 bridgehead atoms. The van der Waals surface area contributed by atoms with Crippen molar-refractivity contribution in [2.24, 2.45) is 11.3 Å². The minimum Gasteiger partial charge on any atom is -0.378 e. The van der Waals surface area contributed by atoms with Crippen LogP contribution in [-0.4, -0.2) is 42.5 Å². The fourth-order valence-corrected chi connectivity index (χ4v) is 3.49. The third-order valence-electron chi connectivity index (χ3n) is 4.93. The first kappa shape index (κ1) is 12.6. The van der Waals surface area contributed by atoms with Crippen molar-refractivity contribution >= 4 is 5.78 Å². The summed E-state index contributed by atoms with van der Waals surface area (Å²) in [6.07, 6.45) is 6.13. The molecule has 2 aliphatic carbocycles. The van der Waals surface area contributed by atoms with Gasteiger partial charge in [0.25, 0.3) is 0 Å². The van der Waals surface area contributed by atoms with E-state index in [2.05, 4.69) is 18.7 Å². The lowest BCUT2D eigenvalue weighted by atomic mass is 9.78. The minimum atomic E-state index is 0.335. The fraction of sp³-hybridized carbons (Fsp3) is 0.933. The van der Waals surface area contributed by atoms with Crippen molar-refractivity contribution in [3.05, 3.63) is 0 Å². The first-order valence-electron chi connectivity index (χ1n) is 7.46. The Balaban J connectivity index is 1.56. The van der Waals surface area contributed by atoms with E-state index in [1.54, 1.807) is 0 Å². The standard InChI is InChI=1S/C15H25NO2/c1-11(2)18-10-15(5-6-15)9-16-8-12-3-4-13(16)7-14(12)17/h11-13H,3-10H2,1-2H3. The van der Waals surface area contributed by atoms with Crippen molar-refractivity contribution in [2.45, 2.75) is 58.1 Å². The molecule has 3 heteroatoms. The maximum absolute atomic E-state index is 11.7. The minimum absolute atomic E-state index is 0.335. The van der Waals surface area contributed by atoms with Crippen LogP contribution >= 0.6 is 0 Å². The highest BCUT2D eigenvalue weighted by Gasteiger charge is 2.48. The third kappa shape index (κ3) is 2.48. The van der Waals surface area contributed by atoms with E-state index in [-0.39, 0.29) is 0 Å². The normalized spacial score (nSPS) is 34.3. The summed E-state index contributed by atoms with van der Waals surface area (Å²) in [5.74, 6) is 0.864. The number of ether oxygens (including phenoxy) is 1. The molecule has 0 amide bonds. The van der Waals surface area contributed by atoms with Crippen molar-refractivity contribution in [3.8, 4) is 0 Å². The SMILES string of the molecule is CC(C)OCC1(CN2CC3CCC2CC3=O)CC1. The Morgan fingerprint density at radius 2 is 2.17 bits per heavy atom. The number of rotatable bonds is 5. The lowest BCUT2D eigenvalue weighted by molar-refractivity contribution is -0.133. The predicted molar refractivity (Wildman–Crippen MR) is 70.5 cm³/mol. The number of piperidine rings is 2. The average molecular weight is 251 g/mol. The van der Waals surface area contributed by atoms with Crippen LogP contribution in [0.5, 0.6) is 0 Å². The maximum Gasteiger partial charge on any atom is 0.138 e. The van der Waals surface area contributed by atoms with Crippen LogP contribution in [0.15, 0.2) is 0 Å². The zero-order chi connectivity index (χ0) is 12.8. The summed E-state index contributed by atoms with van der Waals surface area (Å²) >= 11 is 0. The van der Waals surface area contributed by atoms with Crippen LogP contribution in [0.3, 0.4) is 0 Å². The van der Waals surface area contributed by atoms with Gasteiger partial charge in [-0.2, -0.15) is 0 Å². The lowest BCUT2D eigenvalue weighted by Gasteiger charge is -2.45. The highest BCUT2D eigenvalue weighted by atomic mass is 16.5. The van der Waals surface area contributed by atoms with Gasteiger partial charge in [-0.1, -0.05) is 0 Å². The van der Waals surface area contributed by atoms with Crippen LogP contribution in [0.4, 0.5) is 0 Å². The number of hydrogen-bond acceptors (Lipinski definition) is 3. The van der Waals surface area contributed by atoms with Crippen molar-refractivity contribution < 1.29 is 9.53 Å². The van der Waals surface area contributed by atoms with Crippen LogP contribution in [0, 0.1) is 11.3 Å². The van der Waals surface area contributed by atoms with Crippen molar-refractivity contribution in [2.75, 3.05) is 19.7 Å². The number of hydrogen-bond donors (Lipinski definition) is 0. The van der Waals surface area contributed by atoms with Crippen LogP contribution in [0.1, 0.15) is 46.0 Å². The van der Waals surface area contributed by atoms with Gasteiger partial charge < -0.3 is 4.74 Å². The molecule has 0 N–H and O–H groups in total. The van der Waals surface area contributed by atoms with Gasteiger partial charge >= 0.3 is 0 Å². The van der Waals surface area contributed by atoms with Crippen LogP contribution in [0.2, 0.25) is 0 Å².